The molecule has 27 heavy (non-hydrogen) atoms. The lowest BCUT2D eigenvalue weighted by Crippen LogP contribution is -2.46. The molecule has 0 radical (unpaired) electrons. The van der Waals surface area contributed by atoms with Crippen LogP contribution in [-0.4, -0.2) is 67.5 Å². The average molecular weight is 392 g/mol. The van der Waals surface area contributed by atoms with Crippen molar-refractivity contribution in [2.75, 3.05) is 39.8 Å². The maximum absolute atomic E-state index is 12.5. The number of rotatable bonds is 6. The molecule has 7 heteroatoms. The minimum Gasteiger partial charge on any atom is -0.356 e. The molecule has 2 aliphatic heterocycles. The number of nitrogens with one attached hydrogen (secondary N) is 2. The molecule has 1 aromatic heterocycles. The van der Waals surface area contributed by atoms with Crippen LogP contribution < -0.4 is 10.6 Å². The van der Waals surface area contributed by atoms with E-state index in [1.165, 1.54) is 36.2 Å². The molecule has 3 heterocycles. The summed E-state index contributed by atoms with van der Waals surface area (Å²) in [5.74, 6) is 0.847. The number of nitrogens with zero attached hydrogens (tertiary/aromatic N) is 3. The van der Waals surface area contributed by atoms with Gasteiger partial charge in [0.1, 0.15) is 0 Å². The van der Waals surface area contributed by atoms with E-state index in [9.17, 15) is 4.79 Å². The van der Waals surface area contributed by atoms with Gasteiger partial charge in [-0.3, -0.25) is 9.79 Å². The number of hydrogen-bond acceptors (Lipinski definition) is 4. The van der Waals surface area contributed by atoms with Crippen LogP contribution in [0.2, 0.25) is 0 Å². The Hall–Kier alpha value is -1.60. The lowest BCUT2D eigenvalue weighted by atomic mass is 10.0. The maximum Gasteiger partial charge on any atom is 0.242 e. The number of piperidine rings is 1. The highest BCUT2D eigenvalue weighted by atomic mass is 32.1. The van der Waals surface area contributed by atoms with Gasteiger partial charge in [0.05, 0.1) is 6.54 Å². The van der Waals surface area contributed by atoms with Crippen molar-refractivity contribution in [3.8, 4) is 0 Å². The fraction of sp³-hybridized carbons (Fsp3) is 0.700. The lowest BCUT2D eigenvalue weighted by Gasteiger charge is -2.33. The highest BCUT2D eigenvalue weighted by Gasteiger charge is 2.21. The topological polar surface area (TPSA) is 60.0 Å². The molecule has 0 saturated carbocycles. The van der Waals surface area contributed by atoms with E-state index in [2.05, 4.69) is 38.9 Å². The summed E-state index contributed by atoms with van der Waals surface area (Å²) in [6, 6.07) is 2.85. The molecule has 6 nitrogen and oxygen atoms in total. The SMILES string of the molecule is CN=C(NCCCN1CCCCC1C)NCC(=O)N1CCc2sccc2C1. The smallest absolute Gasteiger partial charge is 0.242 e. The van der Waals surface area contributed by atoms with Gasteiger partial charge in [-0.1, -0.05) is 6.42 Å². The highest BCUT2D eigenvalue weighted by Crippen LogP contribution is 2.23. The molecule has 1 saturated heterocycles. The molecule has 0 aromatic carbocycles. The summed E-state index contributed by atoms with van der Waals surface area (Å²) in [6.07, 6.45) is 6.08. The van der Waals surface area contributed by atoms with Crippen LogP contribution in [0.3, 0.4) is 0 Å². The lowest BCUT2D eigenvalue weighted by molar-refractivity contribution is -0.130. The number of aliphatic imine (C=N–C) groups is 1. The number of carbonyl (C=O) groups excluding carboxylic acids is 1. The van der Waals surface area contributed by atoms with Crippen molar-refractivity contribution in [3.05, 3.63) is 21.9 Å². The second-order valence-corrected chi connectivity index (χ2v) is 8.52. The summed E-state index contributed by atoms with van der Waals surface area (Å²) in [7, 11) is 1.76. The Morgan fingerprint density at radius 2 is 2.22 bits per heavy atom. The zero-order valence-electron chi connectivity index (χ0n) is 16.7. The van der Waals surface area contributed by atoms with Crippen molar-refractivity contribution in [1.29, 1.82) is 0 Å². The van der Waals surface area contributed by atoms with Gasteiger partial charge in [0.2, 0.25) is 5.91 Å². The Morgan fingerprint density at radius 1 is 1.33 bits per heavy atom. The van der Waals surface area contributed by atoms with Crippen LogP contribution in [0.15, 0.2) is 16.4 Å². The molecule has 2 aliphatic rings. The zero-order valence-corrected chi connectivity index (χ0v) is 17.5. The maximum atomic E-state index is 12.5. The summed E-state index contributed by atoms with van der Waals surface area (Å²) in [5, 5.41) is 8.62. The van der Waals surface area contributed by atoms with Crippen LogP contribution >= 0.6 is 11.3 Å². The number of fused-ring (bicyclic) bond motifs is 1. The van der Waals surface area contributed by atoms with Crippen molar-refractivity contribution in [2.24, 2.45) is 4.99 Å². The molecule has 1 aromatic rings. The summed E-state index contributed by atoms with van der Waals surface area (Å²) < 4.78 is 0. The van der Waals surface area contributed by atoms with Crippen LogP contribution in [0.5, 0.6) is 0 Å². The first-order chi connectivity index (χ1) is 13.2. The number of likely N-dealkylation sites (tertiary alicyclic amines) is 1. The molecule has 1 unspecified atom stereocenters. The number of thiophene rings is 1. The molecule has 0 spiro atoms. The summed E-state index contributed by atoms with van der Waals surface area (Å²) in [4.78, 5) is 22.7. The van der Waals surface area contributed by atoms with Crippen LogP contribution in [0.25, 0.3) is 0 Å². The van der Waals surface area contributed by atoms with Gasteiger partial charge in [-0.15, -0.1) is 11.3 Å². The van der Waals surface area contributed by atoms with Crippen LogP contribution in [0.1, 0.15) is 43.0 Å². The summed E-state index contributed by atoms with van der Waals surface area (Å²) in [5.41, 5.74) is 1.30. The molecule has 2 N–H and O–H groups in total. The fourth-order valence-electron chi connectivity index (χ4n) is 3.93. The number of amides is 1. The fourth-order valence-corrected chi connectivity index (χ4v) is 4.82. The minimum absolute atomic E-state index is 0.136. The van der Waals surface area contributed by atoms with E-state index in [0.29, 0.717) is 18.5 Å². The van der Waals surface area contributed by atoms with Gasteiger partial charge in [0.15, 0.2) is 5.96 Å². The monoisotopic (exact) mass is 391 g/mol. The van der Waals surface area contributed by atoms with Crippen molar-refractivity contribution in [3.63, 3.8) is 0 Å². The summed E-state index contributed by atoms with van der Waals surface area (Å²) >= 11 is 1.80. The number of carbonyl (C=O) groups is 1. The first-order valence-electron chi connectivity index (χ1n) is 10.2. The van der Waals surface area contributed by atoms with Crippen molar-refractivity contribution >= 4 is 23.2 Å². The molecule has 150 valence electrons. The quantitative estimate of drug-likeness (QED) is 0.443. The van der Waals surface area contributed by atoms with Gasteiger partial charge in [-0.25, -0.2) is 0 Å². The Bertz CT molecular complexity index is 644. The Kier molecular flexibility index (Phi) is 7.52. The Balaban J connectivity index is 1.33. The van der Waals surface area contributed by atoms with Crippen LogP contribution in [0, 0.1) is 0 Å². The first kappa shape index (κ1) is 20.1. The van der Waals surface area contributed by atoms with E-state index < -0.39 is 0 Å². The van der Waals surface area contributed by atoms with Crippen molar-refractivity contribution in [1.82, 2.24) is 20.4 Å². The van der Waals surface area contributed by atoms with Gasteiger partial charge in [-0.2, -0.15) is 0 Å². The van der Waals surface area contributed by atoms with E-state index in [4.69, 9.17) is 0 Å². The van der Waals surface area contributed by atoms with Crippen molar-refractivity contribution in [2.45, 2.75) is 51.6 Å². The average Bonchev–Trinajstić information content (AvgIpc) is 3.16. The minimum atomic E-state index is 0.136. The van der Waals surface area contributed by atoms with Gasteiger partial charge >= 0.3 is 0 Å². The normalized spacial score (nSPS) is 21.0. The molecule has 3 rings (SSSR count). The third kappa shape index (κ3) is 5.69. The second kappa shape index (κ2) is 10.1. The molecule has 1 amide bonds. The number of guanidine groups is 1. The largest absolute Gasteiger partial charge is 0.356 e. The van der Waals surface area contributed by atoms with Crippen molar-refractivity contribution < 1.29 is 4.79 Å². The van der Waals surface area contributed by atoms with Gasteiger partial charge in [-0.05, 0) is 56.2 Å². The highest BCUT2D eigenvalue weighted by molar-refractivity contribution is 7.10. The van der Waals surface area contributed by atoms with Crippen LogP contribution in [0.4, 0.5) is 0 Å². The Morgan fingerprint density at radius 3 is 3.04 bits per heavy atom. The second-order valence-electron chi connectivity index (χ2n) is 7.52. The third-order valence-corrected chi connectivity index (χ3v) is 6.67. The standard InChI is InChI=1S/C20H33N5OS/c1-16-6-3-4-10-24(16)11-5-9-22-20(21-2)23-14-19(26)25-12-7-18-17(15-25)8-13-27-18/h8,13,16H,3-7,9-12,14-15H2,1-2H3,(H2,21,22,23). The third-order valence-electron chi connectivity index (χ3n) is 5.65. The van der Waals surface area contributed by atoms with E-state index >= 15 is 0 Å². The molecule has 1 atom stereocenters. The molecule has 1 fully saturated rings. The van der Waals surface area contributed by atoms with E-state index in [1.807, 2.05) is 4.90 Å². The molecular weight excluding hydrogens is 358 g/mol. The van der Waals surface area contributed by atoms with E-state index in [0.717, 1.165) is 39.0 Å². The Labute approximate surface area is 167 Å². The molecular formula is C20H33N5OS. The zero-order chi connectivity index (χ0) is 19.1. The molecule has 0 bridgehead atoms. The van der Waals surface area contributed by atoms with Crippen LogP contribution in [-0.2, 0) is 17.8 Å². The van der Waals surface area contributed by atoms with Gasteiger partial charge in [0.25, 0.3) is 0 Å². The molecule has 0 aliphatic carbocycles. The van der Waals surface area contributed by atoms with E-state index in [-0.39, 0.29) is 5.91 Å². The predicted octanol–water partition coefficient (Wildman–Crippen LogP) is 2.06. The van der Waals surface area contributed by atoms with Gasteiger partial charge in [0, 0.05) is 44.1 Å². The predicted molar refractivity (Wildman–Crippen MR) is 112 cm³/mol. The van der Waals surface area contributed by atoms with E-state index in [1.54, 1.807) is 18.4 Å². The van der Waals surface area contributed by atoms with Gasteiger partial charge < -0.3 is 20.4 Å². The number of hydrogen-bond donors (Lipinski definition) is 2. The summed E-state index contributed by atoms with van der Waals surface area (Å²) in [6.45, 7) is 7.40. The first-order valence-corrected chi connectivity index (χ1v) is 11.1.